The van der Waals surface area contributed by atoms with Crippen LogP contribution >= 0.6 is 0 Å². The van der Waals surface area contributed by atoms with E-state index in [0.717, 1.165) is 25.7 Å². The van der Waals surface area contributed by atoms with E-state index in [4.69, 9.17) is 4.74 Å². The van der Waals surface area contributed by atoms with Gasteiger partial charge >= 0.3 is 0 Å². The summed E-state index contributed by atoms with van der Waals surface area (Å²) in [6, 6.07) is 5.69. The number of sulfonamides is 1. The Kier molecular flexibility index (Phi) is 5.22. The maximum absolute atomic E-state index is 12.9. The van der Waals surface area contributed by atoms with Crippen molar-refractivity contribution in [3.63, 3.8) is 0 Å². The highest BCUT2D eigenvalue weighted by atomic mass is 32.2. The molecular formula is C19H23N3O5S. The number of aromatic nitrogens is 1. The molecule has 0 radical (unpaired) electrons. The van der Waals surface area contributed by atoms with Gasteiger partial charge in [0, 0.05) is 43.2 Å². The molecule has 0 spiro atoms. The molecule has 8 nitrogen and oxygen atoms in total. The number of nitrogens with zero attached hydrogens (tertiary/aromatic N) is 1. The normalized spacial score (nSPS) is 20.6. The zero-order valence-electron chi connectivity index (χ0n) is 15.4. The molecule has 4 rings (SSSR count). The number of hydrogen-bond acceptors (Lipinski definition) is 5. The topological polar surface area (TPSA) is 109 Å². The van der Waals surface area contributed by atoms with E-state index in [-0.39, 0.29) is 16.6 Å². The zero-order valence-corrected chi connectivity index (χ0v) is 16.3. The molecule has 1 aromatic carbocycles. The van der Waals surface area contributed by atoms with Crippen LogP contribution in [0.1, 0.15) is 36.0 Å². The van der Waals surface area contributed by atoms with Crippen LogP contribution in [-0.2, 0) is 14.8 Å². The Morgan fingerprint density at radius 1 is 1.21 bits per heavy atom. The maximum Gasteiger partial charge on any atom is 0.252 e. The SMILES string of the molecule is O=C(NC[C@H]1CCCO1)c1cc(=O)[nH]c2ccc(S(=O)(=O)N3CCCC3)cc12. The number of H-pyrrole nitrogens is 1. The minimum atomic E-state index is -3.62. The lowest BCUT2D eigenvalue weighted by atomic mass is 10.1. The summed E-state index contributed by atoms with van der Waals surface area (Å²) in [5.41, 5.74) is 0.176. The van der Waals surface area contributed by atoms with Crippen molar-refractivity contribution in [2.75, 3.05) is 26.2 Å². The van der Waals surface area contributed by atoms with Crippen LogP contribution in [0.15, 0.2) is 34.0 Å². The molecule has 28 heavy (non-hydrogen) atoms. The first-order chi connectivity index (χ1) is 13.4. The van der Waals surface area contributed by atoms with Crippen LogP contribution in [0.2, 0.25) is 0 Å². The highest BCUT2D eigenvalue weighted by molar-refractivity contribution is 7.89. The lowest BCUT2D eigenvalue weighted by Crippen LogP contribution is -2.32. The molecule has 2 aliphatic rings. The fraction of sp³-hybridized carbons (Fsp3) is 0.474. The summed E-state index contributed by atoms with van der Waals surface area (Å²) in [5.74, 6) is -0.415. The van der Waals surface area contributed by atoms with Gasteiger partial charge in [0.25, 0.3) is 5.91 Å². The summed E-state index contributed by atoms with van der Waals surface area (Å²) >= 11 is 0. The van der Waals surface area contributed by atoms with Crippen molar-refractivity contribution >= 4 is 26.8 Å². The number of carbonyl (C=O) groups excluding carboxylic acids is 1. The fourth-order valence-electron chi connectivity index (χ4n) is 3.77. The van der Waals surface area contributed by atoms with E-state index < -0.39 is 21.5 Å². The molecule has 2 saturated heterocycles. The van der Waals surface area contributed by atoms with E-state index in [1.807, 2.05) is 0 Å². The number of amides is 1. The van der Waals surface area contributed by atoms with E-state index in [1.54, 1.807) is 0 Å². The molecule has 0 saturated carbocycles. The molecular weight excluding hydrogens is 382 g/mol. The second kappa shape index (κ2) is 7.65. The highest BCUT2D eigenvalue weighted by Crippen LogP contribution is 2.25. The molecule has 9 heteroatoms. The van der Waals surface area contributed by atoms with Crippen molar-refractivity contribution in [1.29, 1.82) is 0 Å². The molecule has 150 valence electrons. The van der Waals surface area contributed by atoms with Crippen molar-refractivity contribution in [3.8, 4) is 0 Å². The third kappa shape index (κ3) is 3.69. The zero-order chi connectivity index (χ0) is 19.7. The molecule has 3 heterocycles. The molecule has 1 aromatic heterocycles. The smallest absolute Gasteiger partial charge is 0.252 e. The third-order valence-corrected chi connectivity index (χ3v) is 7.17. The number of hydrogen-bond donors (Lipinski definition) is 2. The number of benzene rings is 1. The average Bonchev–Trinajstić information content (AvgIpc) is 3.39. The minimum absolute atomic E-state index is 0.0247. The van der Waals surface area contributed by atoms with Crippen LogP contribution in [0.3, 0.4) is 0 Å². The summed E-state index contributed by atoms with van der Waals surface area (Å²) in [5, 5.41) is 3.20. The Morgan fingerprint density at radius 2 is 2.00 bits per heavy atom. The van der Waals surface area contributed by atoms with Gasteiger partial charge in [-0.25, -0.2) is 8.42 Å². The standard InChI is InChI=1S/C19H23N3O5S/c23-18-11-16(19(24)20-12-13-4-3-9-27-13)15-10-14(5-6-17(15)21-18)28(25,26)22-7-1-2-8-22/h5-6,10-11,13H,1-4,7-9,12H2,(H,20,24)(H,21,23)/t13-/m1/s1. The first kappa shape index (κ1) is 19.1. The lowest BCUT2D eigenvalue weighted by molar-refractivity contribution is 0.0859. The monoisotopic (exact) mass is 405 g/mol. The number of carbonyl (C=O) groups is 1. The van der Waals surface area contributed by atoms with E-state index in [0.29, 0.717) is 37.1 Å². The molecule has 0 aliphatic carbocycles. The van der Waals surface area contributed by atoms with Crippen LogP contribution in [-0.4, -0.2) is 56.0 Å². The Hall–Kier alpha value is -2.23. The Bertz CT molecular complexity index is 1050. The van der Waals surface area contributed by atoms with Crippen LogP contribution in [0, 0.1) is 0 Å². The van der Waals surface area contributed by atoms with Gasteiger partial charge in [0.15, 0.2) is 0 Å². The highest BCUT2D eigenvalue weighted by Gasteiger charge is 2.28. The lowest BCUT2D eigenvalue weighted by Gasteiger charge is -2.16. The molecule has 2 fully saturated rings. The van der Waals surface area contributed by atoms with Gasteiger partial charge in [-0.1, -0.05) is 0 Å². The van der Waals surface area contributed by atoms with Gasteiger partial charge in [0.2, 0.25) is 15.6 Å². The summed E-state index contributed by atoms with van der Waals surface area (Å²) in [6.07, 6.45) is 3.51. The summed E-state index contributed by atoms with van der Waals surface area (Å²) < 4.78 is 32.7. The number of rotatable bonds is 5. The van der Waals surface area contributed by atoms with Gasteiger partial charge in [-0.2, -0.15) is 4.31 Å². The molecule has 1 atom stereocenters. The van der Waals surface area contributed by atoms with Gasteiger partial charge in [0.1, 0.15) is 0 Å². The van der Waals surface area contributed by atoms with Gasteiger partial charge in [-0.3, -0.25) is 9.59 Å². The number of aromatic amines is 1. The quantitative estimate of drug-likeness (QED) is 0.778. The second-order valence-electron chi connectivity index (χ2n) is 7.21. The van der Waals surface area contributed by atoms with Crippen LogP contribution in [0.4, 0.5) is 0 Å². The average molecular weight is 405 g/mol. The van der Waals surface area contributed by atoms with Crippen molar-refractivity contribution < 1.29 is 17.9 Å². The Morgan fingerprint density at radius 3 is 2.71 bits per heavy atom. The van der Waals surface area contributed by atoms with Crippen molar-refractivity contribution in [3.05, 3.63) is 40.2 Å². The van der Waals surface area contributed by atoms with Crippen molar-refractivity contribution in [2.24, 2.45) is 0 Å². The largest absolute Gasteiger partial charge is 0.376 e. The Balaban J connectivity index is 1.69. The molecule has 1 amide bonds. The third-order valence-electron chi connectivity index (χ3n) is 5.28. The first-order valence-corrected chi connectivity index (χ1v) is 11.0. The van der Waals surface area contributed by atoms with Crippen molar-refractivity contribution in [1.82, 2.24) is 14.6 Å². The van der Waals surface area contributed by atoms with E-state index in [1.165, 1.54) is 28.6 Å². The number of nitrogens with one attached hydrogen (secondary N) is 2. The van der Waals surface area contributed by atoms with Crippen LogP contribution in [0.25, 0.3) is 10.9 Å². The molecule has 2 N–H and O–H groups in total. The number of fused-ring (bicyclic) bond motifs is 1. The van der Waals surface area contributed by atoms with Gasteiger partial charge < -0.3 is 15.0 Å². The minimum Gasteiger partial charge on any atom is -0.376 e. The number of pyridine rings is 1. The number of ether oxygens (including phenoxy) is 1. The predicted octanol–water partition coefficient (Wildman–Crippen LogP) is 1.22. The maximum atomic E-state index is 12.9. The van der Waals surface area contributed by atoms with E-state index >= 15 is 0 Å². The summed E-state index contributed by atoms with van der Waals surface area (Å²) in [6.45, 7) is 2.05. The van der Waals surface area contributed by atoms with Crippen LogP contribution < -0.4 is 10.9 Å². The summed E-state index contributed by atoms with van der Waals surface area (Å²) in [4.78, 5) is 27.5. The molecule has 2 aliphatic heterocycles. The summed E-state index contributed by atoms with van der Waals surface area (Å²) in [7, 11) is -3.62. The first-order valence-electron chi connectivity index (χ1n) is 9.52. The van der Waals surface area contributed by atoms with Crippen LogP contribution in [0.5, 0.6) is 0 Å². The van der Waals surface area contributed by atoms with Gasteiger partial charge in [0.05, 0.1) is 16.6 Å². The Labute approximate surface area is 162 Å². The van der Waals surface area contributed by atoms with Gasteiger partial charge in [-0.05, 0) is 43.9 Å². The molecule has 0 unspecified atom stereocenters. The fourth-order valence-corrected chi connectivity index (χ4v) is 5.31. The van der Waals surface area contributed by atoms with E-state index in [9.17, 15) is 18.0 Å². The second-order valence-corrected chi connectivity index (χ2v) is 9.15. The van der Waals surface area contributed by atoms with E-state index in [2.05, 4.69) is 10.3 Å². The predicted molar refractivity (Wildman–Crippen MR) is 104 cm³/mol. The molecule has 2 aromatic rings. The molecule has 0 bridgehead atoms. The van der Waals surface area contributed by atoms with Gasteiger partial charge in [-0.15, -0.1) is 0 Å². The van der Waals surface area contributed by atoms with Crippen molar-refractivity contribution in [2.45, 2.75) is 36.7 Å².